The zero-order valence-electron chi connectivity index (χ0n) is 9.63. The van der Waals surface area contributed by atoms with Crippen LogP contribution in [-0.2, 0) is 4.79 Å². The second kappa shape index (κ2) is 5.39. The van der Waals surface area contributed by atoms with Crippen LogP contribution in [0.25, 0.3) is 0 Å². The maximum Gasteiger partial charge on any atom is 0.227 e. The van der Waals surface area contributed by atoms with E-state index in [9.17, 15) is 4.79 Å². The first kappa shape index (κ1) is 12.2. The summed E-state index contributed by atoms with van der Waals surface area (Å²) in [6.07, 6.45) is 5.98. The van der Waals surface area contributed by atoms with Gasteiger partial charge in [0.05, 0.1) is 5.75 Å². The van der Waals surface area contributed by atoms with E-state index in [2.05, 4.69) is 10.2 Å². The van der Waals surface area contributed by atoms with Crippen molar-refractivity contribution in [3.05, 3.63) is 5.82 Å². The molecule has 17 heavy (non-hydrogen) atoms. The van der Waals surface area contributed by atoms with Crippen molar-refractivity contribution in [1.29, 1.82) is 0 Å². The molecule has 1 heterocycles. The molecule has 1 saturated carbocycles. The van der Waals surface area contributed by atoms with Crippen LogP contribution in [0.2, 0.25) is 0 Å². The van der Waals surface area contributed by atoms with Crippen LogP contribution < -0.4 is 11.6 Å². The Morgan fingerprint density at radius 2 is 2.06 bits per heavy atom. The van der Waals surface area contributed by atoms with E-state index in [-0.39, 0.29) is 11.7 Å². The molecule has 1 aliphatic rings. The largest absolute Gasteiger partial charge is 0.369 e. The van der Waals surface area contributed by atoms with E-state index in [1.165, 1.54) is 35.7 Å². The summed E-state index contributed by atoms with van der Waals surface area (Å²) < 4.78 is 1.50. The van der Waals surface area contributed by atoms with Gasteiger partial charge in [-0.1, -0.05) is 31.0 Å². The number of thioether (sulfide) groups is 1. The average Bonchev–Trinajstić information content (AvgIpc) is 2.69. The summed E-state index contributed by atoms with van der Waals surface area (Å²) in [5.41, 5.74) is 5.08. The smallest absolute Gasteiger partial charge is 0.227 e. The Morgan fingerprint density at radius 1 is 1.35 bits per heavy atom. The van der Waals surface area contributed by atoms with Crippen LogP contribution in [0.5, 0.6) is 0 Å². The first-order valence-corrected chi connectivity index (χ1v) is 6.78. The third-order valence-corrected chi connectivity index (χ3v) is 3.97. The molecule has 6 nitrogen and oxygen atoms in total. The van der Waals surface area contributed by atoms with Gasteiger partial charge in [-0.25, -0.2) is 4.68 Å². The molecule has 0 radical (unpaired) electrons. The monoisotopic (exact) mass is 255 g/mol. The lowest BCUT2D eigenvalue weighted by molar-refractivity contribution is -0.115. The van der Waals surface area contributed by atoms with E-state index in [1.54, 1.807) is 0 Å². The number of primary amides is 1. The summed E-state index contributed by atoms with van der Waals surface area (Å²) in [5.74, 6) is 6.98. The molecule has 0 bridgehead atoms. The van der Waals surface area contributed by atoms with Gasteiger partial charge in [0.2, 0.25) is 11.1 Å². The van der Waals surface area contributed by atoms with Gasteiger partial charge in [-0.15, -0.1) is 10.2 Å². The zero-order chi connectivity index (χ0) is 12.3. The van der Waals surface area contributed by atoms with Gasteiger partial charge in [0.1, 0.15) is 0 Å². The molecule has 1 aromatic rings. The third kappa shape index (κ3) is 2.91. The zero-order valence-corrected chi connectivity index (χ0v) is 10.4. The lowest BCUT2D eigenvalue weighted by Crippen LogP contribution is -2.19. The molecule has 0 atom stereocenters. The number of nitrogens with two attached hydrogens (primary N) is 2. The molecule has 4 N–H and O–H groups in total. The molecular formula is C10H17N5OS. The van der Waals surface area contributed by atoms with Gasteiger partial charge in [0, 0.05) is 5.92 Å². The maximum atomic E-state index is 10.7. The van der Waals surface area contributed by atoms with Crippen molar-refractivity contribution in [2.75, 3.05) is 11.6 Å². The summed E-state index contributed by atoms with van der Waals surface area (Å²) in [6.45, 7) is 0. The second-order valence-corrected chi connectivity index (χ2v) is 5.24. The summed E-state index contributed by atoms with van der Waals surface area (Å²) >= 11 is 1.23. The molecule has 1 aromatic heterocycles. The van der Waals surface area contributed by atoms with Crippen molar-refractivity contribution in [3.8, 4) is 0 Å². The van der Waals surface area contributed by atoms with Crippen LogP contribution in [0.3, 0.4) is 0 Å². The predicted molar refractivity (Wildman–Crippen MR) is 65.9 cm³/mol. The first-order valence-electron chi connectivity index (χ1n) is 5.80. The van der Waals surface area contributed by atoms with Crippen molar-refractivity contribution >= 4 is 17.7 Å². The highest BCUT2D eigenvalue weighted by Crippen LogP contribution is 2.32. The van der Waals surface area contributed by atoms with E-state index < -0.39 is 0 Å². The number of nitrogens with zero attached hydrogens (tertiary/aromatic N) is 3. The minimum absolute atomic E-state index is 0.181. The van der Waals surface area contributed by atoms with Gasteiger partial charge in [-0.2, -0.15) is 0 Å². The molecule has 0 unspecified atom stereocenters. The molecule has 94 valence electrons. The molecule has 7 heteroatoms. The minimum atomic E-state index is -0.378. The first-order chi connectivity index (χ1) is 8.18. The topological polar surface area (TPSA) is 99.8 Å². The molecule has 0 aliphatic heterocycles. The molecule has 0 saturated heterocycles. The lowest BCUT2D eigenvalue weighted by atomic mass is 9.89. The van der Waals surface area contributed by atoms with Gasteiger partial charge >= 0.3 is 0 Å². The fourth-order valence-corrected chi connectivity index (χ4v) is 2.76. The Hall–Kier alpha value is -1.24. The van der Waals surface area contributed by atoms with E-state index >= 15 is 0 Å². The van der Waals surface area contributed by atoms with Crippen molar-refractivity contribution in [2.45, 2.75) is 43.2 Å². The van der Waals surface area contributed by atoms with Crippen LogP contribution in [0, 0.1) is 0 Å². The molecule has 1 aliphatic carbocycles. The molecule has 1 amide bonds. The van der Waals surface area contributed by atoms with E-state index in [4.69, 9.17) is 11.6 Å². The standard InChI is InChI=1S/C10H17N5OS/c11-8(16)6-17-10-14-13-9(15(10)12)7-4-2-1-3-5-7/h7H,1-6,12H2,(H2,11,16). The Morgan fingerprint density at radius 3 is 2.71 bits per heavy atom. The highest BCUT2D eigenvalue weighted by atomic mass is 32.2. The number of aromatic nitrogens is 3. The lowest BCUT2D eigenvalue weighted by Gasteiger charge is -2.20. The Labute approximate surface area is 104 Å². The summed E-state index contributed by atoms with van der Waals surface area (Å²) in [5, 5.41) is 8.70. The van der Waals surface area contributed by atoms with Gasteiger partial charge in [0.15, 0.2) is 5.82 Å². The number of hydrogen-bond donors (Lipinski definition) is 2. The van der Waals surface area contributed by atoms with Crippen molar-refractivity contribution < 1.29 is 4.79 Å². The fraction of sp³-hybridized carbons (Fsp3) is 0.700. The Kier molecular flexibility index (Phi) is 3.88. The summed E-state index contributed by atoms with van der Waals surface area (Å²) in [4.78, 5) is 10.7. The van der Waals surface area contributed by atoms with Gasteiger partial charge in [-0.05, 0) is 12.8 Å². The highest BCUT2D eigenvalue weighted by Gasteiger charge is 2.22. The van der Waals surface area contributed by atoms with Crippen LogP contribution in [0.15, 0.2) is 5.16 Å². The van der Waals surface area contributed by atoms with Crippen molar-refractivity contribution in [1.82, 2.24) is 14.9 Å². The fourth-order valence-electron chi connectivity index (χ4n) is 2.16. The van der Waals surface area contributed by atoms with E-state index in [0.717, 1.165) is 18.7 Å². The van der Waals surface area contributed by atoms with Gasteiger partial charge in [-0.3, -0.25) is 4.79 Å². The van der Waals surface area contributed by atoms with Crippen LogP contribution in [0.4, 0.5) is 0 Å². The SMILES string of the molecule is NC(=O)CSc1nnc(C2CCCCC2)n1N. The van der Waals surface area contributed by atoms with E-state index in [0.29, 0.717) is 11.1 Å². The molecule has 2 rings (SSSR count). The number of amides is 1. The number of rotatable bonds is 4. The number of nitrogen functional groups attached to an aromatic ring is 1. The quantitative estimate of drug-likeness (QED) is 0.606. The normalized spacial score (nSPS) is 17.2. The third-order valence-electron chi connectivity index (χ3n) is 3.00. The Balaban J connectivity index is 2.05. The number of hydrogen-bond acceptors (Lipinski definition) is 5. The summed E-state index contributed by atoms with van der Waals surface area (Å²) in [6, 6.07) is 0. The van der Waals surface area contributed by atoms with Crippen LogP contribution in [0.1, 0.15) is 43.8 Å². The molecule has 0 aromatic carbocycles. The maximum absolute atomic E-state index is 10.7. The number of carbonyl (C=O) groups is 1. The number of carbonyl (C=O) groups excluding carboxylic acids is 1. The molecule has 0 spiro atoms. The highest BCUT2D eigenvalue weighted by molar-refractivity contribution is 7.99. The van der Waals surface area contributed by atoms with Crippen molar-refractivity contribution in [3.63, 3.8) is 0 Å². The summed E-state index contributed by atoms with van der Waals surface area (Å²) in [7, 11) is 0. The molecular weight excluding hydrogens is 238 g/mol. The van der Waals surface area contributed by atoms with Gasteiger partial charge in [0.25, 0.3) is 0 Å². The van der Waals surface area contributed by atoms with Crippen molar-refractivity contribution in [2.24, 2.45) is 5.73 Å². The van der Waals surface area contributed by atoms with Gasteiger partial charge < -0.3 is 11.6 Å². The Bertz CT molecular complexity index is 399. The minimum Gasteiger partial charge on any atom is -0.369 e. The molecule has 1 fully saturated rings. The predicted octanol–water partition coefficient (Wildman–Crippen LogP) is 0.617. The van der Waals surface area contributed by atoms with E-state index in [1.807, 2.05) is 0 Å². The second-order valence-electron chi connectivity index (χ2n) is 4.30. The van der Waals surface area contributed by atoms with Crippen LogP contribution in [-0.4, -0.2) is 26.5 Å². The van der Waals surface area contributed by atoms with Crippen LogP contribution >= 0.6 is 11.8 Å². The average molecular weight is 255 g/mol.